The quantitative estimate of drug-likeness (QED) is 0.796. The molecule has 0 atom stereocenters. The minimum absolute atomic E-state index is 0.0367. The summed E-state index contributed by atoms with van der Waals surface area (Å²) in [4.78, 5) is 25.9. The van der Waals surface area contributed by atoms with Gasteiger partial charge in [-0.1, -0.05) is 36.4 Å². The Bertz CT molecular complexity index is 680. The zero-order valence-electron chi connectivity index (χ0n) is 13.5. The lowest BCUT2D eigenvalue weighted by Gasteiger charge is -2.18. The molecule has 2 aromatic rings. The molecular weight excluding hydrogens is 292 g/mol. The van der Waals surface area contributed by atoms with Crippen LogP contribution < -0.4 is 5.32 Å². The summed E-state index contributed by atoms with van der Waals surface area (Å²) < 4.78 is 4.93. The first-order chi connectivity index (χ1) is 11.1. The standard InChI is InChI=1S/C18H22N2O3/c1-20(13-17(21)19-11-6-12-23-2)18(22)16-10-5-8-14-7-3-4-9-15(14)16/h3-5,7-10H,6,11-13H2,1-2H3,(H,19,21). The highest BCUT2D eigenvalue weighted by Crippen LogP contribution is 2.19. The number of rotatable bonds is 7. The van der Waals surface area contributed by atoms with E-state index in [1.54, 1.807) is 20.2 Å². The van der Waals surface area contributed by atoms with Gasteiger partial charge in [0.2, 0.25) is 5.91 Å². The molecule has 122 valence electrons. The second kappa shape index (κ2) is 8.29. The molecule has 0 aromatic heterocycles. The zero-order valence-corrected chi connectivity index (χ0v) is 13.5. The van der Waals surface area contributed by atoms with Crippen LogP contribution in [-0.2, 0) is 9.53 Å². The summed E-state index contributed by atoms with van der Waals surface area (Å²) in [5.74, 6) is -0.328. The first-order valence-electron chi connectivity index (χ1n) is 7.62. The predicted octanol–water partition coefficient (Wildman–Crippen LogP) is 2.06. The second-order valence-corrected chi connectivity index (χ2v) is 5.38. The van der Waals surface area contributed by atoms with Crippen molar-refractivity contribution in [2.75, 3.05) is 33.9 Å². The normalized spacial score (nSPS) is 10.5. The van der Waals surface area contributed by atoms with Crippen LogP contribution in [0.1, 0.15) is 16.8 Å². The summed E-state index contributed by atoms with van der Waals surface area (Å²) in [6.07, 6.45) is 0.753. The Morgan fingerprint density at radius 2 is 1.87 bits per heavy atom. The van der Waals surface area contributed by atoms with E-state index in [-0.39, 0.29) is 18.4 Å². The fourth-order valence-electron chi connectivity index (χ4n) is 2.40. The number of hydrogen-bond donors (Lipinski definition) is 1. The summed E-state index contributed by atoms with van der Waals surface area (Å²) >= 11 is 0. The van der Waals surface area contributed by atoms with Crippen molar-refractivity contribution >= 4 is 22.6 Å². The number of benzene rings is 2. The van der Waals surface area contributed by atoms with E-state index in [9.17, 15) is 9.59 Å². The van der Waals surface area contributed by atoms with Gasteiger partial charge in [-0.25, -0.2) is 0 Å². The number of likely N-dealkylation sites (N-methyl/N-ethyl adjacent to an activating group) is 1. The SMILES string of the molecule is COCCCNC(=O)CN(C)C(=O)c1cccc2ccccc12. The molecule has 0 saturated heterocycles. The zero-order chi connectivity index (χ0) is 16.7. The van der Waals surface area contributed by atoms with Crippen LogP contribution in [0, 0.1) is 0 Å². The first kappa shape index (κ1) is 17.0. The number of amides is 2. The van der Waals surface area contributed by atoms with Gasteiger partial charge in [-0.15, -0.1) is 0 Å². The van der Waals surface area contributed by atoms with Crippen LogP contribution in [0.2, 0.25) is 0 Å². The molecule has 2 aromatic carbocycles. The fraction of sp³-hybridized carbons (Fsp3) is 0.333. The Hall–Kier alpha value is -2.40. The number of methoxy groups -OCH3 is 1. The summed E-state index contributed by atoms with van der Waals surface area (Å²) in [6, 6.07) is 13.3. The van der Waals surface area contributed by atoms with Crippen LogP contribution >= 0.6 is 0 Å². The van der Waals surface area contributed by atoms with Gasteiger partial charge in [-0.2, -0.15) is 0 Å². The van der Waals surface area contributed by atoms with Crippen LogP contribution in [0.25, 0.3) is 10.8 Å². The molecule has 5 nitrogen and oxygen atoms in total. The van der Waals surface area contributed by atoms with Gasteiger partial charge in [-0.05, 0) is 23.3 Å². The van der Waals surface area contributed by atoms with Gasteiger partial charge in [0.25, 0.3) is 5.91 Å². The highest BCUT2D eigenvalue weighted by Gasteiger charge is 2.16. The maximum atomic E-state index is 12.6. The Morgan fingerprint density at radius 3 is 2.65 bits per heavy atom. The molecule has 0 bridgehead atoms. The van der Waals surface area contributed by atoms with Crippen molar-refractivity contribution in [2.45, 2.75) is 6.42 Å². The Kier molecular flexibility index (Phi) is 6.11. The highest BCUT2D eigenvalue weighted by atomic mass is 16.5. The van der Waals surface area contributed by atoms with E-state index < -0.39 is 0 Å². The van der Waals surface area contributed by atoms with Crippen LogP contribution in [0.3, 0.4) is 0 Å². The molecule has 0 aliphatic carbocycles. The van der Waals surface area contributed by atoms with Gasteiger partial charge in [-0.3, -0.25) is 9.59 Å². The molecule has 0 fully saturated rings. The van der Waals surface area contributed by atoms with Crippen LogP contribution in [0.4, 0.5) is 0 Å². The van der Waals surface area contributed by atoms with Crippen LogP contribution in [0.5, 0.6) is 0 Å². The van der Waals surface area contributed by atoms with Crippen molar-refractivity contribution in [3.63, 3.8) is 0 Å². The maximum Gasteiger partial charge on any atom is 0.254 e. The third-order valence-corrected chi connectivity index (χ3v) is 3.59. The predicted molar refractivity (Wildman–Crippen MR) is 90.4 cm³/mol. The van der Waals surface area contributed by atoms with Gasteiger partial charge in [0.15, 0.2) is 0 Å². The molecule has 0 radical (unpaired) electrons. The Morgan fingerprint density at radius 1 is 1.13 bits per heavy atom. The van der Waals surface area contributed by atoms with Crippen molar-refractivity contribution in [3.8, 4) is 0 Å². The number of nitrogens with one attached hydrogen (secondary N) is 1. The van der Waals surface area contributed by atoms with Crippen molar-refractivity contribution in [1.82, 2.24) is 10.2 Å². The third-order valence-electron chi connectivity index (χ3n) is 3.59. The average Bonchev–Trinajstić information content (AvgIpc) is 2.57. The largest absolute Gasteiger partial charge is 0.385 e. The molecule has 2 amide bonds. The fourth-order valence-corrected chi connectivity index (χ4v) is 2.40. The molecular formula is C18H22N2O3. The highest BCUT2D eigenvalue weighted by molar-refractivity contribution is 6.07. The molecule has 0 spiro atoms. The molecule has 5 heteroatoms. The molecule has 1 N–H and O–H groups in total. The lowest BCUT2D eigenvalue weighted by Crippen LogP contribution is -2.38. The van der Waals surface area contributed by atoms with Gasteiger partial charge < -0.3 is 15.0 Å². The van der Waals surface area contributed by atoms with Crippen molar-refractivity contribution in [2.24, 2.45) is 0 Å². The number of hydrogen-bond acceptors (Lipinski definition) is 3. The number of carbonyl (C=O) groups excluding carboxylic acids is 2. The van der Waals surface area contributed by atoms with E-state index in [1.165, 1.54) is 4.90 Å². The van der Waals surface area contributed by atoms with E-state index in [2.05, 4.69) is 5.32 Å². The van der Waals surface area contributed by atoms with Crippen molar-refractivity contribution < 1.29 is 14.3 Å². The molecule has 2 rings (SSSR count). The smallest absolute Gasteiger partial charge is 0.254 e. The molecule has 0 aliphatic rings. The number of nitrogens with zero attached hydrogens (tertiary/aromatic N) is 1. The van der Waals surface area contributed by atoms with E-state index >= 15 is 0 Å². The number of carbonyl (C=O) groups is 2. The molecule has 0 saturated carbocycles. The summed E-state index contributed by atoms with van der Waals surface area (Å²) in [6.45, 7) is 1.18. The summed E-state index contributed by atoms with van der Waals surface area (Å²) in [5, 5.41) is 4.68. The summed E-state index contributed by atoms with van der Waals surface area (Å²) in [7, 11) is 3.26. The lowest BCUT2D eigenvalue weighted by atomic mass is 10.0. The molecule has 0 aliphatic heterocycles. The van der Waals surface area contributed by atoms with Gasteiger partial charge >= 0.3 is 0 Å². The van der Waals surface area contributed by atoms with Gasteiger partial charge in [0.05, 0.1) is 6.54 Å². The van der Waals surface area contributed by atoms with E-state index in [0.717, 1.165) is 17.2 Å². The summed E-state index contributed by atoms with van der Waals surface area (Å²) in [5.41, 5.74) is 0.609. The monoisotopic (exact) mass is 314 g/mol. The van der Waals surface area contributed by atoms with E-state index in [1.807, 2.05) is 36.4 Å². The Balaban J connectivity index is 2.00. The maximum absolute atomic E-state index is 12.6. The first-order valence-corrected chi connectivity index (χ1v) is 7.62. The topological polar surface area (TPSA) is 58.6 Å². The minimum atomic E-state index is -0.169. The third kappa shape index (κ3) is 4.53. The lowest BCUT2D eigenvalue weighted by molar-refractivity contribution is -0.121. The molecule has 0 heterocycles. The Labute approximate surface area is 136 Å². The number of fused-ring (bicyclic) bond motifs is 1. The van der Waals surface area contributed by atoms with Crippen molar-refractivity contribution in [1.29, 1.82) is 0 Å². The van der Waals surface area contributed by atoms with E-state index in [0.29, 0.717) is 18.7 Å². The van der Waals surface area contributed by atoms with Gasteiger partial charge in [0, 0.05) is 32.9 Å². The van der Waals surface area contributed by atoms with Gasteiger partial charge in [0.1, 0.15) is 0 Å². The molecule has 23 heavy (non-hydrogen) atoms. The molecule has 0 unspecified atom stereocenters. The average molecular weight is 314 g/mol. The number of ether oxygens (including phenoxy) is 1. The van der Waals surface area contributed by atoms with E-state index in [4.69, 9.17) is 4.74 Å². The van der Waals surface area contributed by atoms with Crippen molar-refractivity contribution in [3.05, 3.63) is 48.0 Å². The van der Waals surface area contributed by atoms with Crippen LogP contribution in [0.15, 0.2) is 42.5 Å². The minimum Gasteiger partial charge on any atom is -0.385 e. The second-order valence-electron chi connectivity index (χ2n) is 5.38. The van der Waals surface area contributed by atoms with Crippen LogP contribution in [-0.4, -0.2) is 50.6 Å².